The van der Waals surface area contributed by atoms with Gasteiger partial charge in [-0.2, -0.15) is 0 Å². The molecule has 3 heteroatoms. The van der Waals surface area contributed by atoms with Gasteiger partial charge in [0.05, 0.1) is 11.9 Å². The van der Waals surface area contributed by atoms with Crippen LogP contribution in [0.25, 0.3) is 0 Å². The molecule has 1 heterocycles. The first-order valence-electron chi connectivity index (χ1n) is 5.43. The van der Waals surface area contributed by atoms with E-state index in [-0.39, 0.29) is 5.92 Å². The van der Waals surface area contributed by atoms with Gasteiger partial charge in [0.2, 0.25) is 0 Å². The van der Waals surface area contributed by atoms with E-state index in [4.69, 9.17) is 0 Å². The molecule has 0 saturated heterocycles. The van der Waals surface area contributed by atoms with Gasteiger partial charge in [-0.05, 0) is 25.7 Å². The van der Waals surface area contributed by atoms with E-state index in [9.17, 15) is 4.39 Å². The van der Waals surface area contributed by atoms with Crippen LogP contribution < -0.4 is 0 Å². The summed E-state index contributed by atoms with van der Waals surface area (Å²) < 4.78 is 14.0. The summed E-state index contributed by atoms with van der Waals surface area (Å²) in [7, 11) is 0. The van der Waals surface area contributed by atoms with Crippen molar-refractivity contribution in [2.24, 2.45) is 5.92 Å². The van der Waals surface area contributed by atoms with E-state index >= 15 is 0 Å². The second-order valence-corrected chi connectivity index (χ2v) is 4.22. The van der Waals surface area contributed by atoms with Gasteiger partial charge in [-0.1, -0.05) is 19.3 Å². The molecule has 1 unspecified atom stereocenters. The highest BCUT2D eigenvalue weighted by atomic mass is 19.1. The minimum Gasteiger partial charge on any atom is -0.344 e. The standard InChI is InChI=1S/C11H17FN2/c1-8-13-7-10(14-8)11(12)9-5-3-2-4-6-9/h7,9,11H,2-6H2,1H3,(H,13,14). The fourth-order valence-corrected chi connectivity index (χ4v) is 2.26. The van der Waals surface area contributed by atoms with Crippen molar-refractivity contribution in [1.29, 1.82) is 0 Å². The molecule has 1 aliphatic carbocycles. The molecule has 1 atom stereocenters. The summed E-state index contributed by atoms with van der Waals surface area (Å²) in [5, 5.41) is 0. The Morgan fingerprint density at radius 1 is 1.43 bits per heavy atom. The summed E-state index contributed by atoms with van der Waals surface area (Å²) in [5.41, 5.74) is 0.661. The van der Waals surface area contributed by atoms with Crippen molar-refractivity contribution < 1.29 is 4.39 Å². The van der Waals surface area contributed by atoms with E-state index < -0.39 is 6.17 Å². The molecule has 1 N–H and O–H groups in total. The predicted molar refractivity (Wildman–Crippen MR) is 53.7 cm³/mol. The quantitative estimate of drug-likeness (QED) is 0.772. The molecular weight excluding hydrogens is 179 g/mol. The van der Waals surface area contributed by atoms with Gasteiger partial charge in [0.25, 0.3) is 0 Å². The number of H-pyrrole nitrogens is 1. The number of aryl methyl sites for hydroxylation is 1. The number of aromatic amines is 1. The Hall–Kier alpha value is -0.860. The topological polar surface area (TPSA) is 28.7 Å². The zero-order valence-electron chi connectivity index (χ0n) is 8.59. The molecule has 0 bridgehead atoms. The van der Waals surface area contributed by atoms with Crippen LogP contribution in [0.4, 0.5) is 4.39 Å². The minimum atomic E-state index is -0.837. The van der Waals surface area contributed by atoms with Crippen molar-refractivity contribution in [2.45, 2.75) is 45.2 Å². The number of nitrogens with zero attached hydrogens (tertiary/aromatic N) is 1. The molecule has 1 aromatic heterocycles. The number of halogens is 1. The number of rotatable bonds is 2. The second kappa shape index (κ2) is 4.11. The Bertz CT molecular complexity index is 289. The Kier molecular flexibility index (Phi) is 2.85. The highest BCUT2D eigenvalue weighted by Crippen LogP contribution is 2.36. The Balaban J connectivity index is 2.03. The number of imidazole rings is 1. The van der Waals surface area contributed by atoms with E-state index in [1.807, 2.05) is 6.92 Å². The van der Waals surface area contributed by atoms with Gasteiger partial charge < -0.3 is 4.98 Å². The third-order valence-corrected chi connectivity index (χ3v) is 3.08. The third-order valence-electron chi connectivity index (χ3n) is 3.08. The molecule has 0 radical (unpaired) electrons. The van der Waals surface area contributed by atoms with E-state index in [2.05, 4.69) is 9.97 Å². The highest BCUT2D eigenvalue weighted by Gasteiger charge is 2.25. The van der Waals surface area contributed by atoms with Crippen LogP contribution in [0.15, 0.2) is 6.20 Å². The SMILES string of the molecule is Cc1ncc(C(F)C2CCCCC2)[nH]1. The van der Waals surface area contributed by atoms with Crippen molar-refractivity contribution >= 4 is 0 Å². The van der Waals surface area contributed by atoms with Crippen LogP contribution in [0.2, 0.25) is 0 Å². The number of hydrogen-bond donors (Lipinski definition) is 1. The fraction of sp³-hybridized carbons (Fsp3) is 0.727. The molecule has 1 saturated carbocycles. The Morgan fingerprint density at radius 3 is 2.71 bits per heavy atom. The molecule has 0 aromatic carbocycles. The summed E-state index contributed by atoms with van der Waals surface area (Å²) >= 11 is 0. The molecular formula is C11H17FN2. The summed E-state index contributed by atoms with van der Waals surface area (Å²) in [6.07, 6.45) is 6.48. The maximum Gasteiger partial charge on any atom is 0.144 e. The van der Waals surface area contributed by atoms with E-state index in [0.29, 0.717) is 5.69 Å². The van der Waals surface area contributed by atoms with Crippen LogP contribution in [0.3, 0.4) is 0 Å². The maximum absolute atomic E-state index is 14.0. The first kappa shape index (κ1) is 9.69. The largest absolute Gasteiger partial charge is 0.344 e. The Morgan fingerprint density at radius 2 is 2.14 bits per heavy atom. The molecule has 0 amide bonds. The van der Waals surface area contributed by atoms with E-state index in [1.165, 1.54) is 19.3 Å². The predicted octanol–water partition coefficient (Wildman–Crippen LogP) is 3.31. The van der Waals surface area contributed by atoms with Crippen molar-refractivity contribution in [2.75, 3.05) is 0 Å². The van der Waals surface area contributed by atoms with Crippen molar-refractivity contribution in [3.63, 3.8) is 0 Å². The summed E-state index contributed by atoms with van der Waals surface area (Å²) in [4.78, 5) is 7.02. The average molecular weight is 196 g/mol. The van der Waals surface area contributed by atoms with Crippen LogP contribution in [-0.4, -0.2) is 9.97 Å². The Labute approximate surface area is 83.9 Å². The van der Waals surface area contributed by atoms with Gasteiger partial charge in [-0.25, -0.2) is 9.37 Å². The lowest BCUT2D eigenvalue weighted by atomic mass is 9.85. The number of aromatic nitrogens is 2. The van der Waals surface area contributed by atoms with Gasteiger partial charge >= 0.3 is 0 Å². The minimum absolute atomic E-state index is 0.212. The van der Waals surface area contributed by atoms with Crippen molar-refractivity contribution in [1.82, 2.24) is 9.97 Å². The van der Waals surface area contributed by atoms with Gasteiger partial charge in [0.15, 0.2) is 0 Å². The smallest absolute Gasteiger partial charge is 0.144 e. The van der Waals surface area contributed by atoms with Crippen LogP contribution in [0.5, 0.6) is 0 Å². The lowest BCUT2D eigenvalue weighted by Gasteiger charge is -2.24. The molecule has 78 valence electrons. The van der Waals surface area contributed by atoms with Crippen LogP contribution in [-0.2, 0) is 0 Å². The zero-order valence-corrected chi connectivity index (χ0v) is 8.59. The summed E-state index contributed by atoms with van der Waals surface area (Å²) in [6.45, 7) is 1.86. The normalized spacial score (nSPS) is 21.0. The van der Waals surface area contributed by atoms with Gasteiger partial charge in [-0.3, -0.25) is 0 Å². The molecule has 14 heavy (non-hydrogen) atoms. The highest BCUT2D eigenvalue weighted by molar-refractivity contribution is 5.05. The van der Waals surface area contributed by atoms with Crippen molar-refractivity contribution in [3.05, 3.63) is 17.7 Å². The molecule has 0 spiro atoms. The number of nitrogens with one attached hydrogen (secondary N) is 1. The lowest BCUT2D eigenvalue weighted by Crippen LogP contribution is -2.13. The van der Waals surface area contributed by atoms with Crippen molar-refractivity contribution in [3.8, 4) is 0 Å². The third kappa shape index (κ3) is 1.97. The monoisotopic (exact) mass is 196 g/mol. The van der Waals surface area contributed by atoms with Crippen LogP contribution >= 0.6 is 0 Å². The number of alkyl halides is 1. The lowest BCUT2D eigenvalue weighted by molar-refractivity contribution is 0.179. The number of hydrogen-bond acceptors (Lipinski definition) is 1. The maximum atomic E-state index is 14.0. The molecule has 1 aromatic rings. The molecule has 2 nitrogen and oxygen atoms in total. The van der Waals surface area contributed by atoms with E-state index in [1.54, 1.807) is 6.20 Å². The van der Waals surface area contributed by atoms with Gasteiger partial charge in [0, 0.05) is 0 Å². The van der Waals surface area contributed by atoms with Crippen LogP contribution in [0, 0.1) is 12.8 Å². The second-order valence-electron chi connectivity index (χ2n) is 4.22. The van der Waals surface area contributed by atoms with Crippen LogP contribution in [0.1, 0.15) is 49.8 Å². The molecule has 1 aliphatic rings. The fourth-order valence-electron chi connectivity index (χ4n) is 2.26. The average Bonchev–Trinajstić information content (AvgIpc) is 2.65. The van der Waals surface area contributed by atoms with Gasteiger partial charge in [0.1, 0.15) is 12.0 Å². The molecule has 1 fully saturated rings. The van der Waals surface area contributed by atoms with E-state index in [0.717, 1.165) is 18.7 Å². The summed E-state index contributed by atoms with van der Waals surface area (Å²) in [6, 6.07) is 0. The first-order chi connectivity index (χ1) is 6.77. The zero-order chi connectivity index (χ0) is 9.97. The molecule has 0 aliphatic heterocycles. The van der Waals surface area contributed by atoms with Gasteiger partial charge in [-0.15, -0.1) is 0 Å². The molecule has 2 rings (SSSR count). The first-order valence-corrected chi connectivity index (χ1v) is 5.43. The summed E-state index contributed by atoms with van der Waals surface area (Å²) in [5.74, 6) is 1.02.